The predicted octanol–water partition coefficient (Wildman–Crippen LogP) is 4.16. The molecule has 0 atom stereocenters. The van der Waals surface area contributed by atoms with Gasteiger partial charge in [-0.25, -0.2) is 9.97 Å². The predicted molar refractivity (Wildman–Crippen MR) is 112 cm³/mol. The Kier molecular flexibility index (Phi) is 6.37. The van der Waals surface area contributed by atoms with Crippen molar-refractivity contribution in [1.29, 1.82) is 0 Å². The number of hydrogen-bond donors (Lipinski definition) is 0. The number of nitrogens with zero attached hydrogens (tertiary/aromatic N) is 4. The van der Waals surface area contributed by atoms with Crippen LogP contribution in [0.25, 0.3) is 0 Å². The summed E-state index contributed by atoms with van der Waals surface area (Å²) in [4.78, 5) is 25.6. The average molecular weight is 374 g/mol. The summed E-state index contributed by atoms with van der Waals surface area (Å²) < 4.78 is 0. The highest BCUT2D eigenvalue weighted by Crippen LogP contribution is 2.15. The molecular formula is C23H26N4O. The number of carbonyl (C=O) groups excluding carboxylic acids is 1. The van der Waals surface area contributed by atoms with Crippen molar-refractivity contribution < 1.29 is 4.79 Å². The highest BCUT2D eigenvalue weighted by atomic mass is 16.2. The van der Waals surface area contributed by atoms with Crippen LogP contribution >= 0.6 is 0 Å². The van der Waals surface area contributed by atoms with E-state index in [2.05, 4.69) is 22.1 Å². The highest BCUT2D eigenvalue weighted by molar-refractivity contribution is 5.93. The van der Waals surface area contributed by atoms with Gasteiger partial charge < -0.3 is 9.80 Å². The molecule has 0 aliphatic heterocycles. The first-order chi connectivity index (χ1) is 13.5. The fourth-order valence-electron chi connectivity index (χ4n) is 2.99. The van der Waals surface area contributed by atoms with E-state index in [-0.39, 0.29) is 11.9 Å². The van der Waals surface area contributed by atoms with Crippen LogP contribution < -0.4 is 4.90 Å². The zero-order chi connectivity index (χ0) is 19.9. The molecule has 3 aromatic rings. The summed E-state index contributed by atoms with van der Waals surface area (Å²) in [5.74, 6) is 0.538. The molecule has 5 nitrogen and oxygen atoms in total. The van der Waals surface area contributed by atoms with E-state index >= 15 is 0 Å². The van der Waals surface area contributed by atoms with Gasteiger partial charge in [0.1, 0.15) is 0 Å². The normalized spacial score (nSPS) is 10.7. The van der Waals surface area contributed by atoms with Crippen LogP contribution in [0.1, 0.15) is 35.3 Å². The number of benzene rings is 2. The van der Waals surface area contributed by atoms with Crippen molar-refractivity contribution in [2.24, 2.45) is 0 Å². The molecule has 0 spiro atoms. The van der Waals surface area contributed by atoms with Crippen molar-refractivity contribution in [2.75, 3.05) is 11.9 Å². The van der Waals surface area contributed by atoms with E-state index in [0.717, 1.165) is 5.56 Å². The van der Waals surface area contributed by atoms with Crippen LogP contribution in [0.2, 0.25) is 0 Å². The van der Waals surface area contributed by atoms with Crippen LogP contribution in [0.5, 0.6) is 0 Å². The summed E-state index contributed by atoms with van der Waals surface area (Å²) in [6.45, 7) is 5.31. The first-order valence-electron chi connectivity index (χ1n) is 9.46. The third-order valence-corrected chi connectivity index (χ3v) is 4.57. The first-order valence-corrected chi connectivity index (χ1v) is 9.46. The van der Waals surface area contributed by atoms with E-state index in [1.54, 1.807) is 12.4 Å². The van der Waals surface area contributed by atoms with Crippen molar-refractivity contribution in [1.82, 2.24) is 14.9 Å². The van der Waals surface area contributed by atoms with Crippen molar-refractivity contribution >= 4 is 11.9 Å². The number of aromatic nitrogens is 2. The van der Waals surface area contributed by atoms with E-state index in [0.29, 0.717) is 24.6 Å². The molecule has 0 N–H and O–H groups in total. The summed E-state index contributed by atoms with van der Waals surface area (Å²) in [7, 11) is 1.94. The number of amides is 1. The third-order valence-electron chi connectivity index (χ3n) is 4.57. The van der Waals surface area contributed by atoms with Crippen molar-refractivity contribution in [2.45, 2.75) is 33.0 Å². The first kappa shape index (κ1) is 19.5. The molecule has 144 valence electrons. The maximum absolute atomic E-state index is 13.0. The van der Waals surface area contributed by atoms with Gasteiger partial charge in [-0.05, 0) is 25.0 Å². The van der Waals surface area contributed by atoms with Gasteiger partial charge in [-0.3, -0.25) is 4.79 Å². The maximum atomic E-state index is 13.0. The van der Waals surface area contributed by atoms with Gasteiger partial charge in [0, 0.05) is 38.6 Å². The van der Waals surface area contributed by atoms with E-state index in [4.69, 9.17) is 0 Å². The topological polar surface area (TPSA) is 49.3 Å². The number of hydrogen-bond acceptors (Lipinski definition) is 4. The lowest BCUT2D eigenvalue weighted by atomic mass is 10.1. The van der Waals surface area contributed by atoms with Crippen LogP contribution in [0.4, 0.5) is 5.95 Å². The summed E-state index contributed by atoms with van der Waals surface area (Å²) in [6, 6.07) is 20.2. The minimum Gasteiger partial charge on any atom is -0.340 e. The van der Waals surface area contributed by atoms with Gasteiger partial charge in [-0.15, -0.1) is 0 Å². The second kappa shape index (κ2) is 9.13. The van der Waals surface area contributed by atoms with Crippen molar-refractivity contribution in [3.63, 3.8) is 0 Å². The second-order valence-electron chi connectivity index (χ2n) is 7.13. The fourth-order valence-corrected chi connectivity index (χ4v) is 2.99. The zero-order valence-corrected chi connectivity index (χ0v) is 16.6. The van der Waals surface area contributed by atoms with Gasteiger partial charge in [0.05, 0.1) is 5.56 Å². The van der Waals surface area contributed by atoms with Crippen molar-refractivity contribution in [3.05, 3.63) is 89.7 Å². The Bertz CT molecular complexity index is 879. The van der Waals surface area contributed by atoms with E-state index in [1.807, 2.05) is 79.2 Å². The van der Waals surface area contributed by atoms with E-state index in [1.165, 1.54) is 5.56 Å². The van der Waals surface area contributed by atoms with Crippen LogP contribution in [0.15, 0.2) is 73.1 Å². The Balaban J connectivity index is 1.71. The van der Waals surface area contributed by atoms with Gasteiger partial charge in [-0.1, -0.05) is 60.7 Å². The van der Waals surface area contributed by atoms with Gasteiger partial charge in [0.2, 0.25) is 5.95 Å². The minimum atomic E-state index is -0.0592. The molecule has 3 rings (SSSR count). The molecule has 0 aliphatic carbocycles. The Hall–Kier alpha value is -3.21. The molecule has 1 amide bonds. The van der Waals surface area contributed by atoms with Gasteiger partial charge in [0.15, 0.2) is 0 Å². The number of carbonyl (C=O) groups is 1. The lowest BCUT2D eigenvalue weighted by Crippen LogP contribution is -2.36. The third kappa shape index (κ3) is 4.94. The Morgan fingerprint density at radius 1 is 0.857 bits per heavy atom. The molecule has 0 unspecified atom stereocenters. The second-order valence-corrected chi connectivity index (χ2v) is 7.13. The van der Waals surface area contributed by atoms with Crippen LogP contribution in [-0.2, 0) is 13.1 Å². The van der Waals surface area contributed by atoms with Crippen LogP contribution in [0.3, 0.4) is 0 Å². The largest absolute Gasteiger partial charge is 0.340 e. The summed E-state index contributed by atoms with van der Waals surface area (Å²) in [5.41, 5.74) is 2.79. The molecule has 0 radical (unpaired) electrons. The number of rotatable bonds is 7. The van der Waals surface area contributed by atoms with Crippen LogP contribution in [0, 0.1) is 0 Å². The van der Waals surface area contributed by atoms with Gasteiger partial charge in [-0.2, -0.15) is 0 Å². The molecule has 0 fully saturated rings. The van der Waals surface area contributed by atoms with E-state index < -0.39 is 0 Å². The molecule has 2 aromatic carbocycles. The summed E-state index contributed by atoms with van der Waals surface area (Å²) in [5, 5.41) is 0. The lowest BCUT2D eigenvalue weighted by Gasteiger charge is -2.27. The molecule has 0 saturated carbocycles. The Morgan fingerprint density at radius 3 is 1.86 bits per heavy atom. The van der Waals surface area contributed by atoms with Gasteiger partial charge in [0.25, 0.3) is 5.91 Å². The highest BCUT2D eigenvalue weighted by Gasteiger charge is 2.20. The average Bonchev–Trinajstić information content (AvgIpc) is 2.73. The maximum Gasteiger partial charge on any atom is 0.257 e. The molecule has 28 heavy (non-hydrogen) atoms. The Labute approximate surface area is 166 Å². The molecule has 0 saturated heterocycles. The van der Waals surface area contributed by atoms with E-state index in [9.17, 15) is 4.79 Å². The molecule has 5 heteroatoms. The minimum absolute atomic E-state index is 0.0592. The van der Waals surface area contributed by atoms with Crippen molar-refractivity contribution in [3.8, 4) is 0 Å². The smallest absolute Gasteiger partial charge is 0.257 e. The molecule has 0 bridgehead atoms. The number of anilines is 1. The molecule has 1 heterocycles. The summed E-state index contributed by atoms with van der Waals surface area (Å²) in [6.07, 6.45) is 3.24. The molecular weight excluding hydrogens is 348 g/mol. The fraction of sp³-hybridized carbons (Fsp3) is 0.261. The lowest BCUT2D eigenvalue weighted by molar-refractivity contribution is 0.0689. The molecule has 1 aromatic heterocycles. The Morgan fingerprint density at radius 2 is 1.36 bits per heavy atom. The monoisotopic (exact) mass is 374 g/mol. The standard InChI is InChI=1S/C23H26N4O/c1-18(2)27(17-20-12-8-5-9-13-20)22(28)21-14-24-23(25-15-21)26(3)16-19-10-6-4-7-11-19/h4-15,18H,16-17H2,1-3H3. The van der Waals surface area contributed by atoms with Crippen LogP contribution in [-0.4, -0.2) is 33.9 Å². The summed E-state index contributed by atoms with van der Waals surface area (Å²) >= 11 is 0. The quantitative estimate of drug-likeness (QED) is 0.623. The molecule has 0 aliphatic rings. The SMILES string of the molecule is CC(C)N(Cc1ccccc1)C(=O)c1cnc(N(C)Cc2ccccc2)nc1. The zero-order valence-electron chi connectivity index (χ0n) is 16.6. The van der Waals surface area contributed by atoms with Gasteiger partial charge >= 0.3 is 0 Å².